The number of aliphatic hydroxyl groups excluding tert-OH is 1. The number of likely N-dealkylation sites (tertiary alicyclic amines) is 1. The summed E-state index contributed by atoms with van der Waals surface area (Å²) >= 11 is 0. The molecule has 3 fully saturated rings. The zero-order chi connectivity index (χ0) is 27.4. The number of anilines is 1. The molecule has 3 heterocycles. The lowest BCUT2D eigenvalue weighted by Gasteiger charge is -2.47. The second-order valence-corrected chi connectivity index (χ2v) is 12.2. The third kappa shape index (κ3) is 5.32. The number of hydrogen-bond acceptors (Lipinski definition) is 6. The van der Waals surface area contributed by atoms with E-state index in [2.05, 4.69) is 38.4 Å². The molecule has 0 bridgehead atoms. The monoisotopic (exact) mass is 536 g/mol. The van der Waals surface area contributed by atoms with Crippen molar-refractivity contribution in [3.63, 3.8) is 0 Å². The van der Waals surface area contributed by atoms with Gasteiger partial charge in [-0.25, -0.2) is 13.8 Å². The molecule has 3 aromatic rings. The predicted octanol–water partition coefficient (Wildman–Crippen LogP) is 4.06. The summed E-state index contributed by atoms with van der Waals surface area (Å²) in [6.07, 6.45) is 3.51. The zero-order valence-electron chi connectivity index (χ0n) is 22.3. The number of halogens is 2. The highest BCUT2D eigenvalue weighted by Gasteiger charge is 2.57. The Morgan fingerprint density at radius 1 is 1.18 bits per heavy atom. The second-order valence-electron chi connectivity index (χ2n) is 12.2. The van der Waals surface area contributed by atoms with Crippen molar-refractivity contribution in [2.45, 2.75) is 62.8 Å². The van der Waals surface area contributed by atoms with Gasteiger partial charge >= 0.3 is 0 Å². The third-order valence-electron chi connectivity index (χ3n) is 8.36. The number of alkyl halides is 2. The molecule has 6 rings (SSSR count). The number of benzene rings is 1. The molecule has 2 aromatic heterocycles. The fraction of sp³-hybridized carbons (Fsp3) is 0.517. The van der Waals surface area contributed by atoms with Crippen LogP contribution in [0.3, 0.4) is 0 Å². The Morgan fingerprint density at radius 3 is 2.59 bits per heavy atom. The summed E-state index contributed by atoms with van der Waals surface area (Å²) in [4.78, 5) is 20.3. The topological polar surface area (TPSA) is 96.2 Å². The average molecular weight is 537 g/mol. The van der Waals surface area contributed by atoms with Crippen molar-refractivity contribution in [1.82, 2.24) is 24.6 Å². The molecule has 0 radical (unpaired) electrons. The number of carbonyl (C=O) groups excluding carboxylic acids is 1. The molecule has 8 nitrogen and oxygen atoms in total. The first kappa shape index (κ1) is 26.0. The molecular weight excluding hydrogens is 502 g/mol. The Morgan fingerprint density at radius 2 is 1.95 bits per heavy atom. The van der Waals surface area contributed by atoms with Crippen LogP contribution in [-0.4, -0.2) is 61.3 Å². The van der Waals surface area contributed by atoms with Crippen LogP contribution in [0.5, 0.6) is 0 Å². The molecule has 1 amide bonds. The summed E-state index contributed by atoms with van der Waals surface area (Å²) in [6.45, 7) is 4.56. The number of carbonyl (C=O) groups is 1. The van der Waals surface area contributed by atoms with Gasteiger partial charge in [-0.05, 0) is 48.2 Å². The number of rotatable bonds is 9. The van der Waals surface area contributed by atoms with Gasteiger partial charge in [-0.1, -0.05) is 19.1 Å². The number of aryl methyl sites for hydroxylation is 1. The van der Waals surface area contributed by atoms with Crippen LogP contribution in [0.1, 0.15) is 71.7 Å². The van der Waals surface area contributed by atoms with Gasteiger partial charge in [0.25, 0.3) is 5.91 Å². The van der Waals surface area contributed by atoms with Gasteiger partial charge in [-0.3, -0.25) is 9.69 Å². The smallest absolute Gasteiger partial charge is 0.274 e. The van der Waals surface area contributed by atoms with E-state index in [1.807, 2.05) is 12.1 Å². The molecule has 1 saturated heterocycles. The minimum Gasteiger partial charge on any atom is -0.396 e. The maximum absolute atomic E-state index is 14.2. The van der Waals surface area contributed by atoms with E-state index >= 15 is 0 Å². The first-order valence-electron chi connectivity index (χ1n) is 13.5. The SMILES string of the molecule is Cn1cnnc1CC1(c2cccc(NC(=O)c3cc(CN4CC(C)(CO)C4)cc(C4CC4)n3)c2)CC(F)(F)C1. The maximum Gasteiger partial charge on any atom is 0.274 e. The highest BCUT2D eigenvalue weighted by Crippen LogP contribution is 2.55. The van der Waals surface area contributed by atoms with Gasteiger partial charge in [0.1, 0.15) is 17.8 Å². The van der Waals surface area contributed by atoms with E-state index in [9.17, 15) is 18.7 Å². The van der Waals surface area contributed by atoms with Gasteiger partial charge in [-0.2, -0.15) is 0 Å². The zero-order valence-corrected chi connectivity index (χ0v) is 22.3. The first-order valence-corrected chi connectivity index (χ1v) is 13.5. The number of nitrogens with one attached hydrogen (secondary N) is 1. The highest BCUT2D eigenvalue weighted by molar-refractivity contribution is 6.03. The molecule has 0 spiro atoms. The van der Waals surface area contributed by atoms with Crippen LogP contribution in [0.25, 0.3) is 0 Å². The molecule has 1 aliphatic heterocycles. The molecular formula is C29H34F2N6O2. The van der Waals surface area contributed by atoms with Gasteiger partial charge in [0.2, 0.25) is 5.92 Å². The summed E-state index contributed by atoms with van der Waals surface area (Å²) in [7, 11) is 1.81. The fourth-order valence-electron chi connectivity index (χ4n) is 6.17. The molecule has 206 valence electrons. The summed E-state index contributed by atoms with van der Waals surface area (Å²) in [5.74, 6) is -2.01. The molecule has 3 aliphatic rings. The Bertz CT molecular complexity index is 1390. The number of hydrogen-bond donors (Lipinski definition) is 2. The van der Waals surface area contributed by atoms with E-state index in [-0.39, 0.29) is 30.8 Å². The lowest BCUT2D eigenvalue weighted by atomic mass is 9.60. The lowest BCUT2D eigenvalue weighted by molar-refractivity contribution is -0.127. The number of pyridine rings is 1. The van der Waals surface area contributed by atoms with Gasteiger partial charge in [0.15, 0.2) is 0 Å². The molecule has 0 atom stereocenters. The van der Waals surface area contributed by atoms with Crippen LogP contribution in [0.15, 0.2) is 42.7 Å². The average Bonchev–Trinajstić information content (AvgIpc) is 3.64. The largest absolute Gasteiger partial charge is 0.396 e. The Hall–Kier alpha value is -3.24. The molecule has 2 aliphatic carbocycles. The minimum atomic E-state index is -2.73. The highest BCUT2D eigenvalue weighted by atomic mass is 19.3. The van der Waals surface area contributed by atoms with Crippen molar-refractivity contribution in [2.75, 3.05) is 25.0 Å². The molecule has 2 saturated carbocycles. The third-order valence-corrected chi connectivity index (χ3v) is 8.36. The van der Waals surface area contributed by atoms with E-state index < -0.39 is 11.3 Å². The summed E-state index contributed by atoms with van der Waals surface area (Å²) in [5, 5.41) is 20.5. The first-order chi connectivity index (χ1) is 18.6. The summed E-state index contributed by atoms with van der Waals surface area (Å²) < 4.78 is 30.1. The molecule has 2 N–H and O–H groups in total. The number of amides is 1. The number of aliphatic hydroxyl groups is 1. The van der Waals surface area contributed by atoms with Crippen LogP contribution in [0.4, 0.5) is 14.5 Å². The summed E-state index contributed by atoms with van der Waals surface area (Å²) in [5.41, 5.74) is 2.79. The maximum atomic E-state index is 14.2. The Balaban J connectivity index is 1.21. The van der Waals surface area contributed by atoms with Gasteiger partial charge in [0.05, 0.1) is 6.61 Å². The van der Waals surface area contributed by atoms with Gasteiger partial charge in [-0.15, -0.1) is 10.2 Å². The number of aromatic nitrogens is 4. The quantitative estimate of drug-likeness (QED) is 0.428. The molecule has 10 heteroatoms. The van der Waals surface area contributed by atoms with Gasteiger partial charge < -0.3 is 15.0 Å². The van der Waals surface area contributed by atoms with Crippen molar-refractivity contribution >= 4 is 11.6 Å². The van der Waals surface area contributed by atoms with E-state index in [4.69, 9.17) is 0 Å². The summed E-state index contributed by atoms with van der Waals surface area (Å²) in [6, 6.07) is 11.1. The fourth-order valence-corrected chi connectivity index (χ4v) is 6.17. The standard InChI is InChI=1S/C29H34F2N6O2/c1-27(17-38)15-37(16-27)12-19-8-23(20-6-7-20)34-24(9-19)26(39)33-22-5-3-4-21(10-22)28(13-29(30,31)14-28)11-25-35-32-18-36(25)2/h3-5,8-10,18,20,38H,6-7,11-17H2,1-2H3,(H,33,39). The normalized spacial score (nSPS) is 21.2. The molecule has 1 aromatic carbocycles. The van der Waals surface area contributed by atoms with E-state index in [1.54, 1.807) is 36.1 Å². The second kappa shape index (κ2) is 9.45. The number of nitrogens with zero attached hydrogens (tertiary/aromatic N) is 5. The van der Waals surface area contributed by atoms with Crippen LogP contribution in [-0.2, 0) is 25.4 Å². The van der Waals surface area contributed by atoms with E-state index in [1.165, 1.54) is 0 Å². The van der Waals surface area contributed by atoms with E-state index in [0.717, 1.165) is 42.8 Å². The van der Waals surface area contributed by atoms with E-state index in [0.29, 0.717) is 36.1 Å². The van der Waals surface area contributed by atoms with Gasteiger partial charge in [0, 0.05) is 74.1 Å². The van der Waals surface area contributed by atoms with Crippen molar-refractivity contribution in [3.05, 3.63) is 71.1 Å². The van der Waals surface area contributed by atoms with Crippen molar-refractivity contribution in [1.29, 1.82) is 0 Å². The molecule has 0 unspecified atom stereocenters. The van der Waals surface area contributed by atoms with Crippen molar-refractivity contribution in [2.24, 2.45) is 12.5 Å². The van der Waals surface area contributed by atoms with Crippen molar-refractivity contribution < 1.29 is 18.7 Å². The van der Waals surface area contributed by atoms with Crippen LogP contribution < -0.4 is 5.32 Å². The van der Waals surface area contributed by atoms with Crippen molar-refractivity contribution in [3.8, 4) is 0 Å². The van der Waals surface area contributed by atoms with Crippen LogP contribution in [0.2, 0.25) is 0 Å². The van der Waals surface area contributed by atoms with Crippen LogP contribution in [0, 0.1) is 5.41 Å². The lowest BCUT2D eigenvalue weighted by Crippen LogP contribution is -2.55. The Labute approximate surface area is 226 Å². The Kier molecular flexibility index (Phi) is 6.30. The van der Waals surface area contributed by atoms with Crippen LogP contribution >= 0.6 is 0 Å². The minimum absolute atomic E-state index is 0.0634. The predicted molar refractivity (Wildman–Crippen MR) is 142 cm³/mol. The molecule has 39 heavy (non-hydrogen) atoms.